The van der Waals surface area contributed by atoms with Crippen molar-refractivity contribution < 1.29 is 4.79 Å². The van der Waals surface area contributed by atoms with E-state index in [0.29, 0.717) is 11.6 Å². The van der Waals surface area contributed by atoms with Gasteiger partial charge in [-0.1, -0.05) is 6.92 Å². The number of piperidine rings is 1. The molecule has 1 aromatic rings. The van der Waals surface area contributed by atoms with E-state index in [1.165, 1.54) is 0 Å². The summed E-state index contributed by atoms with van der Waals surface area (Å²) in [7, 11) is 1.84. The molecule has 0 aromatic carbocycles. The van der Waals surface area contributed by atoms with Crippen LogP contribution in [0.15, 0.2) is 12.4 Å². The minimum atomic E-state index is 0.110. The number of nitrogens with one attached hydrogen (secondary N) is 1. The van der Waals surface area contributed by atoms with Crippen molar-refractivity contribution in [3.05, 3.63) is 18.0 Å². The summed E-state index contributed by atoms with van der Waals surface area (Å²) < 4.78 is 1.68. The number of amides is 1. The predicted molar refractivity (Wildman–Crippen MR) is 70.4 cm³/mol. The molecule has 1 unspecified atom stereocenters. The molecule has 1 N–H and O–H groups in total. The Kier molecular flexibility index (Phi) is 4.36. The monoisotopic (exact) mass is 250 g/mol. The van der Waals surface area contributed by atoms with Crippen molar-refractivity contribution in [1.82, 2.24) is 20.0 Å². The van der Waals surface area contributed by atoms with Gasteiger partial charge in [-0.15, -0.1) is 0 Å². The van der Waals surface area contributed by atoms with Gasteiger partial charge in [0, 0.05) is 32.4 Å². The zero-order valence-corrected chi connectivity index (χ0v) is 11.2. The summed E-state index contributed by atoms with van der Waals surface area (Å²) >= 11 is 0. The van der Waals surface area contributed by atoms with Gasteiger partial charge in [0.05, 0.1) is 11.8 Å². The van der Waals surface area contributed by atoms with Gasteiger partial charge in [-0.2, -0.15) is 5.10 Å². The topological polar surface area (TPSA) is 50.2 Å². The fourth-order valence-corrected chi connectivity index (χ4v) is 2.49. The molecular weight excluding hydrogens is 228 g/mol. The van der Waals surface area contributed by atoms with Crippen LogP contribution < -0.4 is 5.32 Å². The molecule has 1 aliphatic heterocycles. The van der Waals surface area contributed by atoms with Crippen LogP contribution in [0, 0.1) is 0 Å². The number of nitrogens with zero attached hydrogens (tertiary/aromatic N) is 3. The molecule has 0 saturated carbocycles. The zero-order chi connectivity index (χ0) is 13.0. The van der Waals surface area contributed by atoms with Crippen LogP contribution in [0.4, 0.5) is 0 Å². The molecule has 100 valence electrons. The molecule has 1 saturated heterocycles. The van der Waals surface area contributed by atoms with Crippen molar-refractivity contribution in [2.45, 2.75) is 32.2 Å². The maximum absolute atomic E-state index is 12.5. The van der Waals surface area contributed by atoms with Crippen molar-refractivity contribution in [2.75, 3.05) is 19.6 Å². The highest BCUT2D eigenvalue weighted by Crippen LogP contribution is 2.14. The van der Waals surface area contributed by atoms with Crippen molar-refractivity contribution in [3.63, 3.8) is 0 Å². The summed E-state index contributed by atoms with van der Waals surface area (Å²) in [5, 5.41) is 7.45. The summed E-state index contributed by atoms with van der Waals surface area (Å²) in [6, 6.07) is 0.325. The largest absolute Gasteiger partial charge is 0.334 e. The van der Waals surface area contributed by atoms with Gasteiger partial charge in [-0.05, 0) is 25.8 Å². The highest BCUT2D eigenvalue weighted by molar-refractivity contribution is 5.94. The van der Waals surface area contributed by atoms with Gasteiger partial charge in [-0.25, -0.2) is 0 Å². The number of carbonyl (C=O) groups excluding carboxylic acids is 1. The summed E-state index contributed by atoms with van der Waals surface area (Å²) in [6.45, 7) is 4.91. The highest BCUT2D eigenvalue weighted by Gasteiger charge is 2.26. The molecule has 18 heavy (non-hydrogen) atoms. The summed E-state index contributed by atoms with van der Waals surface area (Å²) in [4.78, 5) is 14.5. The van der Waals surface area contributed by atoms with Gasteiger partial charge in [0.1, 0.15) is 0 Å². The lowest BCUT2D eigenvalue weighted by Crippen LogP contribution is -2.49. The minimum absolute atomic E-state index is 0.110. The number of aryl methyl sites for hydroxylation is 1. The molecule has 1 amide bonds. The summed E-state index contributed by atoms with van der Waals surface area (Å²) in [5.41, 5.74) is 0.691. The third-order valence-electron chi connectivity index (χ3n) is 3.39. The standard InChI is InChI=1S/C13H22N4O/c1-3-7-17(12-5-4-6-14-9-12)13(18)11-8-15-16(2)10-11/h8,10,12,14H,3-7,9H2,1-2H3. The molecule has 2 rings (SSSR count). The van der Waals surface area contributed by atoms with Crippen molar-refractivity contribution in [1.29, 1.82) is 0 Å². The Labute approximate surface area is 108 Å². The number of hydrogen-bond donors (Lipinski definition) is 1. The van der Waals surface area contributed by atoms with E-state index in [2.05, 4.69) is 17.3 Å². The van der Waals surface area contributed by atoms with E-state index in [-0.39, 0.29) is 5.91 Å². The molecular formula is C13H22N4O. The molecule has 1 atom stereocenters. The van der Waals surface area contributed by atoms with E-state index < -0.39 is 0 Å². The molecule has 0 radical (unpaired) electrons. The second-order valence-corrected chi connectivity index (χ2v) is 4.90. The van der Waals surface area contributed by atoms with E-state index in [4.69, 9.17) is 0 Å². The third-order valence-corrected chi connectivity index (χ3v) is 3.39. The van der Waals surface area contributed by atoms with Crippen molar-refractivity contribution in [2.24, 2.45) is 7.05 Å². The van der Waals surface area contributed by atoms with Crippen LogP contribution in [-0.4, -0.2) is 46.3 Å². The Morgan fingerprint density at radius 2 is 2.50 bits per heavy atom. The normalized spacial score (nSPS) is 19.8. The number of rotatable bonds is 4. The molecule has 2 heterocycles. The average Bonchev–Trinajstić information content (AvgIpc) is 2.83. The van der Waals surface area contributed by atoms with Crippen LogP contribution in [0.2, 0.25) is 0 Å². The Morgan fingerprint density at radius 1 is 1.67 bits per heavy atom. The zero-order valence-electron chi connectivity index (χ0n) is 11.2. The van der Waals surface area contributed by atoms with E-state index in [1.807, 2.05) is 11.9 Å². The average molecular weight is 250 g/mol. The van der Waals surface area contributed by atoms with Gasteiger partial charge in [0.25, 0.3) is 5.91 Å². The van der Waals surface area contributed by atoms with Crippen molar-refractivity contribution in [3.8, 4) is 0 Å². The second kappa shape index (κ2) is 6.00. The Balaban J connectivity index is 2.10. The highest BCUT2D eigenvalue weighted by atomic mass is 16.2. The summed E-state index contributed by atoms with van der Waals surface area (Å²) in [5.74, 6) is 0.110. The molecule has 1 aromatic heterocycles. The minimum Gasteiger partial charge on any atom is -0.334 e. The molecule has 1 aliphatic rings. The Bertz CT molecular complexity index is 395. The first-order valence-corrected chi connectivity index (χ1v) is 6.72. The van der Waals surface area contributed by atoms with Crippen LogP contribution >= 0.6 is 0 Å². The Morgan fingerprint density at radius 3 is 3.06 bits per heavy atom. The Hall–Kier alpha value is -1.36. The second-order valence-electron chi connectivity index (χ2n) is 4.90. The third kappa shape index (κ3) is 2.90. The van der Waals surface area contributed by atoms with E-state index in [1.54, 1.807) is 17.1 Å². The van der Waals surface area contributed by atoms with E-state index >= 15 is 0 Å². The quantitative estimate of drug-likeness (QED) is 0.868. The van der Waals surface area contributed by atoms with E-state index in [9.17, 15) is 4.79 Å². The maximum Gasteiger partial charge on any atom is 0.257 e. The fourth-order valence-electron chi connectivity index (χ4n) is 2.49. The fraction of sp³-hybridized carbons (Fsp3) is 0.692. The summed E-state index contributed by atoms with van der Waals surface area (Å²) in [6.07, 6.45) is 6.68. The van der Waals surface area contributed by atoms with Gasteiger partial charge in [-0.3, -0.25) is 9.48 Å². The predicted octanol–water partition coefficient (Wildman–Crippen LogP) is 1.02. The molecule has 1 fully saturated rings. The van der Waals surface area contributed by atoms with Crippen LogP contribution in [0.5, 0.6) is 0 Å². The van der Waals surface area contributed by atoms with Gasteiger partial charge in [0.2, 0.25) is 0 Å². The van der Waals surface area contributed by atoms with Crippen LogP contribution in [-0.2, 0) is 7.05 Å². The first-order valence-electron chi connectivity index (χ1n) is 6.72. The van der Waals surface area contributed by atoms with Crippen LogP contribution in [0.25, 0.3) is 0 Å². The van der Waals surface area contributed by atoms with Crippen LogP contribution in [0.3, 0.4) is 0 Å². The molecule has 5 heteroatoms. The van der Waals surface area contributed by atoms with Crippen LogP contribution in [0.1, 0.15) is 36.5 Å². The van der Waals surface area contributed by atoms with Crippen molar-refractivity contribution >= 4 is 5.91 Å². The molecule has 0 aliphatic carbocycles. The first-order chi connectivity index (χ1) is 8.72. The van der Waals surface area contributed by atoms with Gasteiger partial charge >= 0.3 is 0 Å². The molecule has 0 bridgehead atoms. The lowest BCUT2D eigenvalue weighted by atomic mass is 10.0. The maximum atomic E-state index is 12.5. The lowest BCUT2D eigenvalue weighted by molar-refractivity contribution is 0.0649. The van der Waals surface area contributed by atoms with Gasteiger partial charge in [0.15, 0.2) is 0 Å². The first kappa shape index (κ1) is 13.1. The number of aromatic nitrogens is 2. The number of carbonyl (C=O) groups is 1. The lowest BCUT2D eigenvalue weighted by Gasteiger charge is -2.34. The SMILES string of the molecule is CCCN(C(=O)c1cnn(C)c1)C1CCCNC1. The van der Waals surface area contributed by atoms with E-state index in [0.717, 1.165) is 38.9 Å². The molecule has 5 nitrogen and oxygen atoms in total. The molecule has 0 spiro atoms. The smallest absolute Gasteiger partial charge is 0.257 e. The van der Waals surface area contributed by atoms with Gasteiger partial charge < -0.3 is 10.2 Å². The number of hydrogen-bond acceptors (Lipinski definition) is 3.